The van der Waals surface area contributed by atoms with E-state index in [4.69, 9.17) is 11.6 Å². The molecule has 14 heavy (non-hydrogen) atoms. The lowest BCUT2D eigenvalue weighted by Gasteiger charge is -2.11. The van der Waals surface area contributed by atoms with Crippen LogP contribution in [0.25, 0.3) is 0 Å². The van der Waals surface area contributed by atoms with Gasteiger partial charge in [-0.15, -0.1) is 11.6 Å². The van der Waals surface area contributed by atoms with Crippen molar-refractivity contribution in [1.82, 2.24) is 9.80 Å². The van der Waals surface area contributed by atoms with Crippen LogP contribution in [0.4, 0.5) is 4.79 Å². The first-order chi connectivity index (χ1) is 6.59. The molecule has 1 saturated heterocycles. The second-order valence-electron chi connectivity index (χ2n) is 3.00. The quantitative estimate of drug-likeness (QED) is 0.298. The Balaban J connectivity index is 2.57. The van der Waals surface area contributed by atoms with E-state index in [0.717, 1.165) is 16.2 Å². The van der Waals surface area contributed by atoms with Gasteiger partial charge in [-0.2, -0.15) is 0 Å². The molecule has 6 heteroatoms. The average Bonchev–Trinajstić information content (AvgIpc) is 2.35. The second-order valence-corrected chi connectivity index (χ2v) is 3.38. The highest BCUT2D eigenvalue weighted by atomic mass is 35.5. The number of urea groups is 1. The zero-order chi connectivity index (χ0) is 10.7. The van der Waals surface area contributed by atoms with Crippen LogP contribution in [0, 0.1) is 0 Å². The highest BCUT2D eigenvalue weighted by Crippen LogP contribution is 2.10. The van der Waals surface area contributed by atoms with E-state index in [9.17, 15) is 14.4 Å². The molecule has 78 valence electrons. The molecule has 0 aromatic carbocycles. The molecular weight excluding hydrogens is 208 g/mol. The van der Waals surface area contributed by atoms with Gasteiger partial charge >= 0.3 is 17.8 Å². The summed E-state index contributed by atoms with van der Waals surface area (Å²) in [4.78, 5) is 35.3. The van der Waals surface area contributed by atoms with Crippen molar-refractivity contribution < 1.29 is 14.4 Å². The van der Waals surface area contributed by atoms with Crippen molar-refractivity contribution in [2.45, 2.75) is 12.8 Å². The summed E-state index contributed by atoms with van der Waals surface area (Å²) in [7, 11) is 1.30. The SMILES string of the molecule is CN1C(=O)C(=O)N(CCCCCl)C1=O. The Morgan fingerprint density at radius 2 is 1.79 bits per heavy atom. The molecule has 0 unspecified atom stereocenters. The predicted molar refractivity (Wildman–Crippen MR) is 49.8 cm³/mol. The number of hydrogen-bond donors (Lipinski definition) is 0. The Bertz CT molecular complexity index is 280. The van der Waals surface area contributed by atoms with Crippen molar-refractivity contribution in [3.8, 4) is 0 Å². The number of nitrogens with zero attached hydrogens (tertiary/aromatic N) is 2. The van der Waals surface area contributed by atoms with Crippen molar-refractivity contribution in [2.24, 2.45) is 0 Å². The molecule has 1 aliphatic rings. The van der Waals surface area contributed by atoms with E-state index in [1.54, 1.807) is 0 Å². The van der Waals surface area contributed by atoms with Gasteiger partial charge in [-0.3, -0.25) is 19.4 Å². The Kier molecular flexibility index (Phi) is 3.46. The lowest BCUT2D eigenvalue weighted by Crippen LogP contribution is -2.32. The summed E-state index contributed by atoms with van der Waals surface area (Å²) >= 11 is 5.45. The minimum absolute atomic E-state index is 0.264. The monoisotopic (exact) mass is 218 g/mol. The molecule has 0 spiro atoms. The predicted octanol–water partition coefficient (Wildman–Crippen LogP) is 0.426. The number of carbonyl (C=O) groups excluding carboxylic acids is 3. The van der Waals surface area contributed by atoms with Crippen molar-refractivity contribution >= 4 is 29.4 Å². The fourth-order valence-electron chi connectivity index (χ4n) is 1.18. The van der Waals surface area contributed by atoms with Crippen LogP contribution in [0.2, 0.25) is 0 Å². The number of likely N-dealkylation sites (N-methyl/N-ethyl adjacent to an activating group) is 1. The average molecular weight is 219 g/mol. The van der Waals surface area contributed by atoms with Gasteiger partial charge < -0.3 is 0 Å². The molecule has 0 aromatic heterocycles. The van der Waals surface area contributed by atoms with E-state index >= 15 is 0 Å². The van der Waals surface area contributed by atoms with Crippen molar-refractivity contribution in [1.29, 1.82) is 0 Å². The van der Waals surface area contributed by atoms with Gasteiger partial charge in [0.1, 0.15) is 0 Å². The molecule has 1 heterocycles. The van der Waals surface area contributed by atoms with Crippen LogP contribution in [0.3, 0.4) is 0 Å². The fraction of sp³-hybridized carbons (Fsp3) is 0.625. The van der Waals surface area contributed by atoms with Crippen LogP contribution in [0.1, 0.15) is 12.8 Å². The van der Waals surface area contributed by atoms with Crippen LogP contribution < -0.4 is 0 Å². The highest BCUT2D eigenvalue weighted by Gasteiger charge is 2.41. The molecule has 0 aliphatic carbocycles. The van der Waals surface area contributed by atoms with E-state index in [1.807, 2.05) is 0 Å². The van der Waals surface area contributed by atoms with Gasteiger partial charge in [0.25, 0.3) is 0 Å². The zero-order valence-corrected chi connectivity index (χ0v) is 8.58. The van der Waals surface area contributed by atoms with Gasteiger partial charge in [-0.1, -0.05) is 0 Å². The summed E-state index contributed by atoms with van der Waals surface area (Å²) in [6, 6.07) is -0.547. The molecule has 1 fully saturated rings. The smallest absolute Gasteiger partial charge is 0.263 e. The number of rotatable bonds is 4. The maximum absolute atomic E-state index is 11.3. The minimum Gasteiger partial charge on any atom is -0.263 e. The first-order valence-corrected chi connectivity index (χ1v) is 4.82. The Hall–Kier alpha value is -1.10. The molecule has 0 saturated carbocycles. The molecule has 0 bridgehead atoms. The lowest BCUT2D eigenvalue weighted by atomic mass is 10.3. The Labute approximate surface area is 86.6 Å². The molecular formula is C8H11ClN2O3. The van der Waals surface area contributed by atoms with E-state index in [1.165, 1.54) is 7.05 Å². The molecule has 1 rings (SSSR count). The van der Waals surface area contributed by atoms with Crippen LogP contribution in [0.15, 0.2) is 0 Å². The standard InChI is InChI=1S/C8H11ClN2O3/c1-10-6(12)7(13)11(8(10)14)5-3-2-4-9/h2-5H2,1H3. The molecule has 4 amide bonds. The number of unbranched alkanes of at least 4 members (excludes halogenated alkanes) is 1. The third kappa shape index (κ3) is 1.87. The summed E-state index contributed by atoms with van der Waals surface area (Å²) in [5.41, 5.74) is 0. The first kappa shape index (κ1) is 11.0. The lowest BCUT2D eigenvalue weighted by molar-refractivity contribution is -0.142. The summed E-state index contributed by atoms with van der Waals surface area (Å²) in [6.07, 6.45) is 1.35. The molecule has 0 atom stereocenters. The Morgan fingerprint density at radius 3 is 2.21 bits per heavy atom. The zero-order valence-electron chi connectivity index (χ0n) is 7.83. The van der Waals surface area contributed by atoms with Crippen LogP contribution in [-0.2, 0) is 9.59 Å². The third-order valence-electron chi connectivity index (χ3n) is 2.02. The summed E-state index contributed by atoms with van der Waals surface area (Å²) in [5.74, 6) is -1.02. The van der Waals surface area contributed by atoms with Gasteiger partial charge in [-0.25, -0.2) is 4.79 Å². The van der Waals surface area contributed by atoms with E-state index < -0.39 is 17.8 Å². The summed E-state index contributed by atoms with van der Waals surface area (Å²) in [5, 5.41) is 0. The number of amides is 4. The van der Waals surface area contributed by atoms with Crippen LogP contribution in [0.5, 0.6) is 0 Å². The molecule has 0 aromatic rings. The van der Waals surface area contributed by atoms with Gasteiger partial charge in [-0.05, 0) is 12.8 Å². The maximum atomic E-state index is 11.3. The maximum Gasteiger partial charge on any atom is 0.333 e. The summed E-state index contributed by atoms with van der Waals surface area (Å²) in [6.45, 7) is 0.264. The number of hydrogen-bond acceptors (Lipinski definition) is 3. The molecule has 0 radical (unpaired) electrons. The second kappa shape index (κ2) is 4.41. The number of alkyl halides is 1. The van der Waals surface area contributed by atoms with Gasteiger partial charge in [0.15, 0.2) is 0 Å². The summed E-state index contributed by atoms with van der Waals surface area (Å²) < 4.78 is 0. The fourth-order valence-corrected chi connectivity index (χ4v) is 1.36. The highest BCUT2D eigenvalue weighted by molar-refractivity contribution is 6.44. The van der Waals surface area contributed by atoms with E-state index in [-0.39, 0.29) is 6.54 Å². The minimum atomic E-state index is -0.763. The van der Waals surface area contributed by atoms with Crippen molar-refractivity contribution in [3.63, 3.8) is 0 Å². The topological polar surface area (TPSA) is 57.7 Å². The van der Waals surface area contributed by atoms with Gasteiger partial charge in [0.2, 0.25) is 0 Å². The molecule has 1 aliphatic heterocycles. The van der Waals surface area contributed by atoms with Gasteiger partial charge in [0.05, 0.1) is 0 Å². The first-order valence-electron chi connectivity index (χ1n) is 4.29. The van der Waals surface area contributed by atoms with Crippen molar-refractivity contribution in [2.75, 3.05) is 19.5 Å². The van der Waals surface area contributed by atoms with Crippen molar-refractivity contribution in [3.05, 3.63) is 0 Å². The van der Waals surface area contributed by atoms with E-state index in [0.29, 0.717) is 12.3 Å². The third-order valence-corrected chi connectivity index (χ3v) is 2.28. The largest absolute Gasteiger partial charge is 0.333 e. The molecule has 5 nitrogen and oxygen atoms in total. The normalized spacial score (nSPS) is 17.1. The van der Waals surface area contributed by atoms with E-state index in [2.05, 4.69) is 0 Å². The van der Waals surface area contributed by atoms with Crippen LogP contribution >= 0.6 is 11.6 Å². The van der Waals surface area contributed by atoms with Gasteiger partial charge in [0, 0.05) is 19.5 Å². The molecule has 0 N–H and O–H groups in total. The Morgan fingerprint density at radius 1 is 1.14 bits per heavy atom. The number of halogens is 1. The van der Waals surface area contributed by atoms with Crippen LogP contribution in [-0.4, -0.2) is 47.1 Å². The number of imide groups is 2. The number of carbonyl (C=O) groups is 3.